The molecule has 0 aromatic heterocycles. The lowest BCUT2D eigenvalue weighted by atomic mass is 9.91. The summed E-state index contributed by atoms with van der Waals surface area (Å²) in [6.07, 6.45) is 2.44. The van der Waals surface area contributed by atoms with Crippen LogP contribution in [0.3, 0.4) is 0 Å². The number of rotatable bonds is 8. The molecule has 0 amide bonds. The molecule has 98 valence electrons. The minimum atomic E-state index is -3.22. The minimum Gasteiger partial charge on any atom is -0.212 e. The van der Waals surface area contributed by atoms with E-state index in [9.17, 15) is 8.42 Å². The van der Waals surface area contributed by atoms with E-state index in [1.807, 2.05) is 27.7 Å². The van der Waals surface area contributed by atoms with Crippen molar-refractivity contribution in [3.05, 3.63) is 0 Å². The van der Waals surface area contributed by atoms with Gasteiger partial charge >= 0.3 is 0 Å². The Bertz CT molecular complexity index is 278. The largest absolute Gasteiger partial charge is 0.212 e. The Morgan fingerprint density at radius 1 is 1.19 bits per heavy atom. The predicted molar refractivity (Wildman–Crippen MR) is 70.4 cm³/mol. The number of halogens is 1. The molecular weight excluding hydrogens is 246 g/mol. The van der Waals surface area contributed by atoms with Crippen LogP contribution >= 0.6 is 11.6 Å². The van der Waals surface area contributed by atoms with Gasteiger partial charge < -0.3 is 0 Å². The average Bonchev–Trinajstić information content (AvgIpc) is 2.25. The first kappa shape index (κ1) is 16.2. The number of alkyl halides is 1. The molecule has 0 aliphatic heterocycles. The van der Waals surface area contributed by atoms with Gasteiger partial charge in [-0.2, -0.15) is 0 Å². The van der Waals surface area contributed by atoms with Crippen molar-refractivity contribution in [3.63, 3.8) is 0 Å². The maximum Gasteiger partial charge on any atom is 0.212 e. The predicted octanol–water partition coefficient (Wildman–Crippen LogP) is 2.75. The smallest absolute Gasteiger partial charge is 0.212 e. The average molecular weight is 270 g/mol. The molecular formula is C11H24ClNO2S. The monoisotopic (exact) mass is 269 g/mol. The highest BCUT2D eigenvalue weighted by atomic mass is 35.5. The maximum atomic E-state index is 11.9. The summed E-state index contributed by atoms with van der Waals surface area (Å²) in [6, 6.07) is 0. The van der Waals surface area contributed by atoms with Gasteiger partial charge in [0.1, 0.15) is 0 Å². The van der Waals surface area contributed by atoms with E-state index in [1.54, 1.807) is 0 Å². The van der Waals surface area contributed by atoms with Crippen molar-refractivity contribution in [1.82, 2.24) is 4.72 Å². The van der Waals surface area contributed by atoms with E-state index in [1.165, 1.54) is 0 Å². The highest BCUT2D eigenvalue weighted by molar-refractivity contribution is 7.89. The van der Waals surface area contributed by atoms with Crippen LogP contribution in [0.2, 0.25) is 0 Å². The molecule has 0 saturated carbocycles. The van der Waals surface area contributed by atoms with Crippen molar-refractivity contribution in [2.24, 2.45) is 5.92 Å². The fourth-order valence-electron chi connectivity index (χ4n) is 1.76. The zero-order chi connectivity index (χ0) is 12.8. The topological polar surface area (TPSA) is 46.2 Å². The summed E-state index contributed by atoms with van der Waals surface area (Å²) in [5, 5.41) is 0. The SMILES string of the molecule is CCC(CC)(CC)NS(=O)(=O)CC(C)CCl. The normalized spacial score (nSPS) is 15.1. The minimum absolute atomic E-state index is 0.0116. The lowest BCUT2D eigenvalue weighted by molar-refractivity contribution is 0.341. The third-order valence-corrected chi connectivity index (χ3v) is 5.45. The summed E-state index contributed by atoms with van der Waals surface area (Å²) in [5.74, 6) is 0.471. The number of hydrogen-bond acceptors (Lipinski definition) is 2. The van der Waals surface area contributed by atoms with E-state index in [0.29, 0.717) is 5.88 Å². The van der Waals surface area contributed by atoms with E-state index < -0.39 is 10.0 Å². The molecule has 0 rings (SSSR count). The van der Waals surface area contributed by atoms with Crippen LogP contribution < -0.4 is 4.72 Å². The van der Waals surface area contributed by atoms with E-state index in [-0.39, 0.29) is 17.2 Å². The van der Waals surface area contributed by atoms with Gasteiger partial charge in [-0.25, -0.2) is 13.1 Å². The molecule has 0 heterocycles. The Balaban J connectivity index is 4.67. The van der Waals surface area contributed by atoms with Crippen LogP contribution in [0.1, 0.15) is 47.0 Å². The van der Waals surface area contributed by atoms with Crippen LogP contribution in [-0.4, -0.2) is 25.6 Å². The Labute approximate surface area is 105 Å². The van der Waals surface area contributed by atoms with E-state index in [4.69, 9.17) is 11.6 Å². The first-order valence-electron chi connectivity index (χ1n) is 5.92. The van der Waals surface area contributed by atoms with Gasteiger partial charge in [0.05, 0.1) is 5.75 Å². The lowest BCUT2D eigenvalue weighted by Gasteiger charge is -2.31. The van der Waals surface area contributed by atoms with E-state index in [0.717, 1.165) is 19.3 Å². The summed E-state index contributed by atoms with van der Waals surface area (Å²) in [4.78, 5) is 0. The van der Waals surface area contributed by atoms with Crippen LogP contribution in [0.25, 0.3) is 0 Å². The summed E-state index contributed by atoms with van der Waals surface area (Å²) in [5.41, 5.74) is -0.287. The van der Waals surface area contributed by atoms with Crippen molar-refractivity contribution in [3.8, 4) is 0 Å². The molecule has 1 unspecified atom stereocenters. The molecule has 0 bridgehead atoms. The summed E-state index contributed by atoms with van der Waals surface area (Å²) in [7, 11) is -3.22. The molecule has 0 fully saturated rings. The molecule has 0 aromatic rings. The Kier molecular flexibility index (Phi) is 6.90. The third kappa shape index (κ3) is 5.02. The van der Waals surface area contributed by atoms with Crippen LogP contribution in [0, 0.1) is 5.92 Å². The Morgan fingerprint density at radius 3 is 1.94 bits per heavy atom. The van der Waals surface area contributed by atoms with Crippen molar-refractivity contribution in [2.45, 2.75) is 52.5 Å². The molecule has 3 nitrogen and oxygen atoms in total. The van der Waals surface area contributed by atoms with Gasteiger partial charge in [-0.3, -0.25) is 0 Å². The van der Waals surface area contributed by atoms with Crippen LogP contribution in [0.15, 0.2) is 0 Å². The zero-order valence-corrected chi connectivity index (χ0v) is 12.3. The molecule has 0 aliphatic rings. The second kappa shape index (κ2) is 6.82. The van der Waals surface area contributed by atoms with Crippen LogP contribution in [0.5, 0.6) is 0 Å². The molecule has 1 N–H and O–H groups in total. The number of nitrogens with one attached hydrogen (secondary N) is 1. The highest BCUT2D eigenvalue weighted by Gasteiger charge is 2.29. The van der Waals surface area contributed by atoms with Gasteiger partial charge in [0.2, 0.25) is 10.0 Å². The number of hydrogen-bond donors (Lipinski definition) is 1. The molecule has 0 saturated heterocycles. The standard InChI is InChI=1S/C11H24ClNO2S/c1-5-11(6-2,7-3)13-16(14,15)9-10(4)8-12/h10,13H,5-9H2,1-4H3. The summed E-state index contributed by atoms with van der Waals surface area (Å²) in [6.45, 7) is 7.89. The Morgan fingerprint density at radius 2 is 1.62 bits per heavy atom. The first-order chi connectivity index (χ1) is 7.34. The molecule has 1 atom stereocenters. The van der Waals surface area contributed by atoms with Gasteiger partial charge in [-0.15, -0.1) is 11.6 Å². The second-order valence-corrected chi connectivity index (χ2v) is 6.56. The van der Waals surface area contributed by atoms with Gasteiger partial charge in [0.15, 0.2) is 0 Å². The summed E-state index contributed by atoms with van der Waals surface area (Å²) >= 11 is 5.64. The van der Waals surface area contributed by atoms with Crippen molar-refractivity contribution >= 4 is 21.6 Å². The van der Waals surface area contributed by atoms with E-state index in [2.05, 4.69) is 4.72 Å². The fourth-order valence-corrected chi connectivity index (χ4v) is 4.04. The zero-order valence-electron chi connectivity index (χ0n) is 10.7. The first-order valence-corrected chi connectivity index (χ1v) is 8.11. The van der Waals surface area contributed by atoms with Crippen molar-refractivity contribution in [2.75, 3.05) is 11.6 Å². The van der Waals surface area contributed by atoms with Crippen molar-refractivity contribution in [1.29, 1.82) is 0 Å². The molecule has 16 heavy (non-hydrogen) atoms. The molecule has 0 aromatic carbocycles. The highest BCUT2D eigenvalue weighted by Crippen LogP contribution is 2.21. The van der Waals surface area contributed by atoms with Crippen molar-refractivity contribution < 1.29 is 8.42 Å². The van der Waals surface area contributed by atoms with Crippen LogP contribution in [0.4, 0.5) is 0 Å². The lowest BCUT2D eigenvalue weighted by Crippen LogP contribution is -2.48. The maximum absolute atomic E-state index is 11.9. The van der Waals surface area contributed by atoms with Gasteiger partial charge in [-0.1, -0.05) is 27.7 Å². The van der Waals surface area contributed by atoms with Crippen LogP contribution in [-0.2, 0) is 10.0 Å². The molecule has 5 heteroatoms. The molecule has 0 spiro atoms. The van der Waals surface area contributed by atoms with Gasteiger partial charge in [0.25, 0.3) is 0 Å². The Hall–Kier alpha value is 0.200. The number of sulfonamides is 1. The second-order valence-electron chi connectivity index (χ2n) is 4.48. The quantitative estimate of drug-likeness (QED) is 0.689. The summed E-state index contributed by atoms with van der Waals surface area (Å²) < 4.78 is 26.7. The van der Waals surface area contributed by atoms with E-state index >= 15 is 0 Å². The third-order valence-electron chi connectivity index (χ3n) is 3.17. The molecule has 0 aliphatic carbocycles. The van der Waals surface area contributed by atoms with Gasteiger partial charge in [-0.05, 0) is 25.2 Å². The van der Waals surface area contributed by atoms with Gasteiger partial charge in [0, 0.05) is 11.4 Å². The fraction of sp³-hybridized carbons (Fsp3) is 1.00. The molecule has 0 radical (unpaired) electrons.